The number of carbonyl (C=O) groups is 1. The number of likely N-dealkylation sites (tertiary alicyclic amines) is 1. The first-order valence-corrected chi connectivity index (χ1v) is 8.99. The second-order valence-electron chi connectivity index (χ2n) is 6.94. The summed E-state index contributed by atoms with van der Waals surface area (Å²) in [6.45, 7) is 1.41. The van der Waals surface area contributed by atoms with Crippen molar-refractivity contribution in [3.63, 3.8) is 0 Å². The van der Waals surface area contributed by atoms with E-state index >= 15 is 0 Å². The Morgan fingerprint density at radius 1 is 1.32 bits per heavy atom. The molecule has 0 spiro atoms. The highest BCUT2D eigenvalue weighted by Gasteiger charge is 2.30. The maximum absolute atomic E-state index is 12.4. The van der Waals surface area contributed by atoms with Crippen LogP contribution in [0.25, 0.3) is 33.1 Å². The largest absolute Gasteiger partial charge is 0.382 e. The molecule has 1 aliphatic heterocycles. The Labute approximate surface area is 160 Å². The lowest BCUT2D eigenvalue weighted by Gasteiger charge is -2.38. The summed E-state index contributed by atoms with van der Waals surface area (Å²) in [6.07, 6.45) is 3.70. The number of methoxy groups -OCH3 is 1. The lowest BCUT2D eigenvalue weighted by molar-refractivity contribution is -0.143. The van der Waals surface area contributed by atoms with Crippen molar-refractivity contribution in [2.75, 3.05) is 25.9 Å². The van der Waals surface area contributed by atoms with Crippen molar-refractivity contribution in [1.29, 1.82) is 0 Å². The zero-order valence-electron chi connectivity index (χ0n) is 15.3. The molecule has 1 aromatic carbocycles. The number of hydrogen-bond donors (Lipinski definition) is 2. The van der Waals surface area contributed by atoms with E-state index in [0.29, 0.717) is 24.4 Å². The Kier molecular flexibility index (Phi) is 3.76. The number of fused-ring (bicyclic) bond motifs is 3. The van der Waals surface area contributed by atoms with E-state index < -0.39 is 0 Å². The highest BCUT2D eigenvalue weighted by atomic mass is 16.5. The molecule has 0 saturated carbocycles. The van der Waals surface area contributed by atoms with Crippen LogP contribution < -0.4 is 5.73 Å². The maximum Gasteiger partial charge on any atom is 0.244 e. The lowest BCUT2D eigenvalue weighted by Crippen LogP contribution is -2.55. The number of ether oxygens (including phenoxy) is 1. The van der Waals surface area contributed by atoms with Gasteiger partial charge in [-0.25, -0.2) is 4.98 Å². The number of amides is 1. The minimum absolute atomic E-state index is 0.0125. The van der Waals surface area contributed by atoms with Gasteiger partial charge in [-0.2, -0.15) is 10.2 Å². The van der Waals surface area contributed by atoms with Gasteiger partial charge in [0, 0.05) is 48.9 Å². The van der Waals surface area contributed by atoms with Crippen molar-refractivity contribution in [2.24, 2.45) is 0 Å². The van der Waals surface area contributed by atoms with E-state index in [1.54, 1.807) is 22.9 Å². The number of anilines is 1. The number of pyridine rings is 1. The van der Waals surface area contributed by atoms with Gasteiger partial charge in [0.05, 0.1) is 17.3 Å². The topological polar surface area (TPSA) is 115 Å². The number of nitrogens with one attached hydrogen (secondary N) is 1. The molecule has 142 valence electrons. The van der Waals surface area contributed by atoms with Gasteiger partial charge in [-0.3, -0.25) is 14.6 Å². The molecule has 1 fully saturated rings. The molecule has 28 heavy (non-hydrogen) atoms. The summed E-state index contributed by atoms with van der Waals surface area (Å²) >= 11 is 0. The summed E-state index contributed by atoms with van der Waals surface area (Å²) in [7, 11) is 1.66. The quantitative estimate of drug-likeness (QED) is 0.556. The minimum Gasteiger partial charge on any atom is -0.382 e. The zero-order chi connectivity index (χ0) is 19.3. The van der Waals surface area contributed by atoms with Crippen LogP contribution in [0.3, 0.4) is 0 Å². The van der Waals surface area contributed by atoms with Gasteiger partial charge < -0.3 is 15.4 Å². The molecule has 0 bridgehead atoms. The standard InChI is InChI=1S/C19H19N7O2/c1-28-12-7-25(8-12)17(27)10-26-9-14-13-3-2-11(15-4-5-21-23-15)6-16(13)22-19(20)18(14)24-26/h2-6,9,12H,7-8,10H2,1H3,(H2,20,22)(H,21,23). The summed E-state index contributed by atoms with van der Waals surface area (Å²) in [6, 6.07) is 7.86. The van der Waals surface area contributed by atoms with Gasteiger partial charge >= 0.3 is 0 Å². The van der Waals surface area contributed by atoms with Crippen molar-refractivity contribution in [3.05, 3.63) is 36.7 Å². The number of carbonyl (C=O) groups excluding carboxylic acids is 1. The summed E-state index contributed by atoms with van der Waals surface area (Å²) in [5, 5.41) is 13.2. The summed E-state index contributed by atoms with van der Waals surface area (Å²) in [5.74, 6) is 0.359. The average Bonchev–Trinajstić information content (AvgIpc) is 3.30. The van der Waals surface area contributed by atoms with E-state index in [1.165, 1.54) is 0 Å². The van der Waals surface area contributed by atoms with E-state index in [9.17, 15) is 4.79 Å². The number of hydrogen-bond acceptors (Lipinski definition) is 6. The van der Waals surface area contributed by atoms with E-state index in [2.05, 4.69) is 20.3 Å². The predicted molar refractivity (Wildman–Crippen MR) is 104 cm³/mol. The fourth-order valence-electron chi connectivity index (χ4n) is 3.54. The van der Waals surface area contributed by atoms with Gasteiger partial charge in [-0.1, -0.05) is 12.1 Å². The second kappa shape index (κ2) is 6.31. The third-order valence-corrected chi connectivity index (χ3v) is 5.18. The molecule has 4 heterocycles. The summed E-state index contributed by atoms with van der Waals surface area (Å²) < 4.78 is 6.85. The summed E-state index contributed by atoms with van der Waals surface area (Å²) in [4.78, 5) is 18.7. The van der Waals surface area contributed by atoms with Crippen LogP contribution in [0.1, 0.15) is 0 Å². The van der Waals surface area contributed by atoms with Crippen LogP contribution in [0.2, 0.25) is 0 Å². The minimum atomic E-state index is 0.0125. The number of nitrogens with two attached hydrogens (primary N) is 1. The third-order valence-electron chi connectivity index (χ3n) is 5.18. The Morgan fingerprint density at radius 2 is 2.18 bits per heavy atom. The van der Waals surface area contributed by atoms with Crippen LogP contribution in [0.5, 0.6) is 0 Å². The monoisotopic (exact) mass is 377 g/mol. The Balaban J connectivity index is 1.49. The molecule has 0 aliphatic carbocycles. The highest BCUT2D eigenvalue weighted by Crippen LogP contribution is 2.30. The van der Waals surface area contributed by atoms with Crippen LogP contribution >= 0.6 is 0 Å². The Hall–Kier alpha value is -3.46. The number of benzene rings is 1. The molecule has 0 radical (unpaired) electrons. The first-order valence-electron chi connectivity index (χ1n) is 8.99. The van der Waals surface area contributed by atoms with Gasteiger partial charge in [0.2, 0.25) is 5.91 Å². The molecule has 3 aromatic heterocycles. The van der Waals surface area contributed by atoms with Crippen molar-refractivity contribution in [2.45, 2.75) is 12.6 Å². The van der Waals surface area contributed by atoms with Crippen LogP contribution in [0, 0.1) is 0 Å². The molecule has 4 aromatic rings. The SMILES string of the molecule is COC1CN(C(=O)Cn2cc3c(n2)c(N)nc2cc(-c4ccn[nH]4)ccc23)C1. The van der Waals surface area contributed by atoms with Gasteiger partial charge in [-0.05, 0) is 12.1 Å². The molecular weight excluding hydrogens is 358 g/mol. The average molecular weight is 377 g/mol. The predicted octanol–water partition coefficient (Wildman–Crippen LogP) is 1.41. The fourth-order valence-corrected chi connectivity index (χ4v) is 3.54. The normalized spacial score (nSPS) is 14.7. The van der Waals surface area contributed by atoms with Crippen molar-refractivity contribution < 1.29 is 9.53 Å². The number of nitrogen functional groups attached to an aromatic ring is 1. The molecule has 5 rings (SSSR count). The van der Waals surface area contributed by atoms with E-state index in [4.69, 9.17) is 10.5 Å². The smallest absolute Gasteiger partial charge is 0.244 e. The molecule has 1 aliphatic rings. The van der Waals surface area contributed by atoms with E-state index in [-0.39, 0.29) is 18.6 Å². The van der Waals surface area contributed by atoms with Crippen molar-refractivity contribution in [1.82, 2.24) is 29.9 Å². The summed E-state index contributed by atoms with van der Waals surface area (Å²) in [5.41, 5.74) is 9.41. The van der Waals surface area contributed by atoms with Gasteiger partial charge in [0.15, 0.2) is 5.82 Å². The fraction of sp³-hybridized carbons (Fsp3) is 0.263. The van der Waals surface area contributed by atoms with E-state index in [0.717, 1.165) is 27.5 Å². The molecule has 1 saturated heterocycles. The molecule has 0 unspecified atom stereocenters. The van der Waals surface area contributed by atoms with Crippen LogP contribution in [-0.4, -0.2) is 62.1 Å². The molecular formula is C19H19N7O2. The zero-order valence-corrected chi connectivity index (χ0v) is 15.3. The van der Waals surface area contributed by atoms with Gasteiger partial charge in [-0.15, -0.1) is 0 Å². The third kappa shape index (κ3) is 2.67. The Bertz CT molecular complexity index is 1180. The van der Waals surface area contributed by atoms with E-state index in [1.807, 2.05) is 30.5 Å². The van der Waals surface area contributed by atoms with Crippen LogP contribution in [-0.2, 0) is 16.1 Å². The maximum atomic E-state index is 12.4. The molecule has 0 atom stereocenters. The number of nitrogens with zero attached hydrogens (tertiary/aromatic N) is 5. The van der Waals surface area contributed by atoms with Crippen LogP contribution in [0.4, 0.5) is 5.82 Å². The molecule has 3 N–H and O–H groups in total. The number of H-pyrrole nitrogens is 1. The molecule has 9 heteroatoms. The molecule has 9 nitrogen and oxygen atoms in total. The molecule has 1 amide bonds. The van der Waals surface area contributed by atoms with Gasteiger partial charge in [0.1, 0.15) is 12.1 Å². The number of aromatic amines is 1. The number of aromatic nitrogens is 5. The second-order valence-corrected chi connectivity index (χ2v) is 6.94. The first-order chi connectivity index (χ1) is 13.6. The lowest BCUT2D eigenvalue weighted by atomic mass is 10.1. The first kappa shape index (κ1) is 16.7. The van der Waals surface area contributed by atoms with Crippen molar-refractivity contribution in [3.8, 4) is 11.3 Å². The number of rotatable bonds is 4. The Morgan fingerprint density at radius 3 is 2.93 bits per heavy atom. The highest BCUT2D eigenvalue weighted by molar-refractivity contribution is 6.08. The van der Waals surface area contributed by atoms with Crippen molar-refractivity contribution >= 4 is 33.5 Å². The van der Waals surface area contributed by atoms with Gasteiger partial charge in [0.25, 0.3) is 0 Å². The van der Waals surface area contributed by atoms with Crippen LogP contribution in [0.15, 0.2) is 36.7 Å².